The minimum atomic E-state index is -1.34. The van der Waals surface area contributed by atoms with Gasteiger partial charge in [0.25, 0.3) is 0 Å². The van der Waals surface area contributed by atoms with Crippen molar-refractivity contribution < 1.29 is 44.6 Å². The minimum absolute atomic E-state index is 0. The van der Waals surface area contributed by atoms with Crippen LogP contribution >= 0.6 is 0 Å². The van der Waals surface area contributed by atoms with Crippen molar-refractivity contribution in [3.63, 3.8) is 0 Å². The molecule has 0 aromatic heterocycles. The van der Waals surface area contributed by atoms with Gasteiger partial charge in [0.2, 0.25) is 0 Å². The number of aliphatic carboxylic acids is 1. The van der Waals surface area contributed by atoms with E-state index in [1.807, 2.05) is 0 Å². The Morgan fingerprint density at radius 3 is 2.60 bits per heavy atom. The van der Waals surface area contributed by atoms with Gasteiger partial charge in [-0.05, 0) is 0 Å². The summed E-state index contributed by atoms with van der Waals surface area (Å²) < 4.78 is 0. The van der Waals surface area contributed by atoms with Gasteiger partial charge in [-0.2, -0.15) is 5.26 Å². The van der Waals surface area contributed by atoms with E-state index in [0.717, 1.165) is 0 Å². The Morgan fingerprint density at radius 1 is 1.80 bits per heavy atom. The van der Waals surface area contributed by atoms with Crippen LogP contribution in [0.25, 0.3) is 0 Å². The fourth-order valence-electron chi connectivity index (χ4n) is 0.370. The molecule has 5 heteroatoms. The van der Waals surface area contributed by atoms with Crippen molar-refractivity contribution in [2.24, 2.45) is 0 Å². The maximum Gasteiger partial charge on any atom is 1.00 e. The van der Waals surface area contributed by atoms with Crippen molar-refractivity contribution in [3.05, 3.63) is 0 Å². The largest absolute Gasteiger partial charge is 1.00 e. The van der Waals surface area contributed by atoms with Crippen molar-refractivity contribution in [2.45, 2.75) is 18.9 Å². The standard InChI is InChI=1S/C5H7NO3.Na/c6-2-1-4(7)3-5(8)9;/h4,7H,1,3H2,(H,8,9);/q;+1/p-1. The zero-order valence-corrected chi connectivity index (χ0v) is 7.70. The molecule has 0 saturated heterocycles. The van der Waals surface area contributed by atoms with Gasteiger partial charge < -0.3 is 15.0 Å². The molecule has 1 atom stereocenters. The molecule has 1 unspecified atom stereocenters. The predicted octanol–water partition coefficient (Wildman–Crippen LogP) is -4.60. The molecule has 50 valence electrons. The third kappa shape index (κ3) is 7.92. The fourth-order valence-corrected chi connectivity index (χ4v) is 0.370. The molecule has 0 aromatic rings. The molecule has 4 nitrogen and oxygen atoms in total. The third-order valence-corrected chi connectivity index (χ3v) is 0.729. The van der Waals surface area contributed by atoms with Gasteiger partial charge in [-0.25, -0.2) is 0 Å². The van der Waals surface area contributed by atoms with Gasteiger partial charge in [0.05, 0.1) is 18.6 Å². The molecule has 0 aliphatic rings. The number of aliphatic hydroxyl groups is 1. The number of carbonyl (C=O) groups is 1. The first-order chi connectivity index (χ1) is 4.16. The average molecular weight is 151 g/mol. The second kappa shape index (κ2) is 7.03. The molecule has 0 spiro atoms. The summed E-state index contributed by atoms with van der Waals surface area (Å²) >= 11 is 0. The normalized spacial score (nSPS) is 10.8. The van der Waals surface area contributed by atoms with Crippen molar-refractivity contribution in [1.82, 2.24) is 0 Å². The van der Waals surface area contributed by atoms with Gasteiger partial charge in [-0.3, -0.25) is 0 Å². The number of carboxylic acid groups (broad SMARTS) is 1. The number of rotatable bonds is 3. The van der Waals surface area contributed by atoms with E-state index in [-0.39, 0.29) is 36.0 Å². The first-order valence-corrected chi connectivity index (χ1v) is 2.41. The van der Waals surface area contributed by atoms with Crippen LogP contribution in [-0.4, -0.2) is 17.2 Å². The van der Waals surface area contributed by atoms with Crippen molar-refractivity contribution in [1.29, 1.82) is 5.26 Å². The quantitative estimate of drug-likeness (QED) is 0.411. The van der Waals surface area contributed by atoms with Crippen LogP contribution in [0.4, 0.5) is 0 Å². The van der Waals surface area contributed by atoms with E-state index >= 15 is 0 Å². The molecular weight excluding hydrogens is 145 g/mol. The Hall–Kier alpha value is -0.0800. The van der Waals surface area contributed by atoms with Crippen LogP contribution in [0.15, 0.2) is 0 Å². The Labute approximate surface area is 80.8 Å². The first kappa shape index (κ1) is 12.6. The summed E-state index contributed by atoms with van der Waals surface area (Å²) in [5, 5.41) is 26.2. The van der Waals surface area contributed by atoms with Crippen LogP contribution in [0, 0.1) is 11.3 Å². The smallest absolute Gasteiger partial charge is 0.550 e. The van der Waals surface area contributed by atoms with E-state index in [4.69, 9.17) is 10.4 Å². The average Bonchev–Trinajstić information content (AvgIpc) is 1.63. The van der Waals surface area contributed by atoms with Gasteiger partial charge in [-0.1, -0.05) is 0 Å². The Balaban J connectivity index is 0. The van der Waals surface area contributed by atoms with Crippen LogP contribution in [0.3, 0.4) is 0 Å². The first-order valence-electron chi connectivity index (χ1n) is 2.41. The van der Waals surface area contributed by atoms with E-state index in [0.29, 0.717) is 0 Å². The van der Waals surface area contributed by atoms with Crippen molar-refractivity contribution >= 4 is 5.97 Å². The van der Waals surface area contributed by atoms with Gasteiger partial charge in [0.1, 0.15) is 0 Å². The molecule has 0 heterocycles. The molecule has 10 heavy (non-hydrogen) atoms. The fraction of sp³-hybridized carbons (Fsp3) is 0.600. The molecule has 0 amide bonds. The number of carboxylic acids is 1. The van der Waals surface area contributed by atoms with E-state index < -0.39 is 18.5 Å². The maximum absolute atomic E-state index is 9.70. The molecule has 0 fully saturated rings. The van der Waals surface area contributed by atoms with Crippen LogP contribution < -0.4 is 34.7 Å². The Kier molecular flexibility index (Phi) is 8.85. The minimum Gasteiger partial charge on any atom is -0.550 e. The molecule has 0 aromatic carbocycles. The van der Waals surface area contributed by atoms with Crippen LogP contribution in [0.2, 0.25) is 0 Å². The molecule has 0 aliphatic heterocycles. The summed E-state index contributed by atoms with van der Waals surface area (Å²) in [5.74, 6) is -1.34. The van der Waals surface area contributed by atoms with Crippen LogP contribution in [0.5, 0.6) is 0 Å². The second-order valence-corrected chi connectivity index (χ2v) is 1.59. The van der Waals surface area contributed by atoms with Crippen molar-refractivity contribution in [3.8, 4) is 6.07 Å². The summed E-state index contributed by atoms with van der Waals surface area (Å²) in [6.07, 6.45) is -1.71. The predicted molar refractivity (Wildman–Crippen MR) is 25.9 cm³/mol. The van der Waals surface area contributed by atoms with E-state index in [1.165, 1.54) is 0 Å². The summed E-state index contributed by atoms with van der Waals surface area (Å²) in [4.78, 5) is 9.70. The van der Waals surface area contributed by atoms with E-state index in [2.05, 4.69) is 0 Å². The van der Waals surface area contributed by atoms with Gasteiger partial charge in [-0.15, -0.1) is 0 Å². The zero-order valence-electron chi connectivity index (χ0n) is 5.70. The number of aliphatic hydroxyl groups excluding tert-OH is 1. The zero-order chi connectivity index (χ0) is 7.28. The topological polar surface area (TPSA) is 84.1 Å². The number of hydrogen-bond donors (Lipinski definition) is 1. The SMILES string of the molecule is N#CCC(O)CC(=O)[O-].[Na+]. The summed E-state index contributed by atoms with van der Waals surface area (Å²) in [7, 11) is 0. The number of nitriles is 1. The van der Waals surface area contributed by atoms with Crippen LogP contribution in [0.1, 0.15) is 12.8 Å². The van der Waals surface area contributed by atoms with Gasteiger partial charge >= 0.3 is 29.6 Å². The summed E-state index contributed by atoms with van der Waals surface area (Å²) in [6.45, 7) is 0. The molecule has 0 saturated carbocycles. The Bertz CT molecular complexity index is 142. The number of carbonyl (C=O) groups excluding carboxylic acids is 1. The monoisotopic (exact) mass is 151 g/mol. The number of hydrogen-bond acceptors (Lipinski definition) is 4. The summed E-state index contributed by atoms with van der Waals surface area (Å²) in [6, 6.07) is 1.63. The van der Waals surface area contributed by atoms with E-state index in [9.17, 15) is 9.90 Å². The van der Waals surface area contributed by atoms with Crippen LogP contribution in [-0.2, 0) is 4.79 Å². The molecule has 0 radical (unpaired) electrons. The van der Waals surface area contributed by atoms with Crippen molar-refractivity contribution in [2.75, 3.05) is 0 Å². The molecular formula is C5H6NNaO3. The van der Waals surface area contributed by atoms with E-state index in [1.54, 1.807) is 6.07 Å². The molecule has 0 rings (SSSR count). The second-order valence-electron chi connectivity index (χ2n) is 1.59. The number of nitrogens with zero attached hydrogens (tertiary/aromatic N) is 1. The van der Waals surface area contributed by atoms with Gasteiger partial charge in [0, 0.05) is 12.4 Å². The maximum atomic E-state index is 9.70. The Morgan fingerprint density at radius 2 is 2.30 bits per heavy atom. The molecule has 1 N–H and O–H groups in total. The summed E-state index contributed by atoms with van der Waals surface area (Å²) in [5.41, 5.74) is 0. The molecule has 0 bridgehead atoms. The third-order valence-electron chi connectivity index (χ3n) is 0.729. The van der Waals surface area contributed by atoms with Gasteiger partial charge in [0.15, 0.2) is 0 Å². The molecule has 0 aliphatic carbocycles.